The molecule has 0 aliphatic rings. The van der Waals surface area contributed by atoms with Gasteiger partial charge in [-0.1, -0.05) is 36.4 Å². The van der Waals surface area contributed by atoms with E-state index in [1.165, 1.54) is 0 Å². The van der Waals surface area contributed by atoms with Crippen LogP contribution in [0.5, 0.6) is 17.2 Å². The minimum Gasteiger partial charge on any atom is -0.492 e. The van der Waals surface area contributed by atoms with Crippen molar-refractivity contribution in [2.24, 2.45) is 0 Å². The number of benzene rings is 3. The zero-order chi connectivity index (χ0) is 23.0. The number of sulfonamides is 1. The second-order valence-corrected chi connectivity index (χ2v) is 8.96. The molecule has 1 atom stereocenters. The van der Waals surface area contributed by atoms with E-state index in [1.54, 1.807) is 31.2 Å². The number of nitrogens with one attached hydrogen (secondary N) is 1. The average molecular weight is 455 g/mol. The van der Waals surface area contributed by atoms with Crippen molar-refractivity contribution in [3.05, 3.63) is 84.9 Å². The number of ether oxygens (including phenoxy) is 2. The first kappa shape index (κ1) is 23.1. The van der Waals surface area contributed by atoms with E-state index in [2.05, 4.69) is 5.32 Å². The Bertz CT molecular complexity index is 1100. The van der Waals surface area contributed by atoms with Gasteiger partial charge in [0.2, 0.25) is 15.9 Å². The fourth-order valence-electron chi connectivity index (χ4n) is 3.10. The van der Waals surface area contributed by atoms with Crippen LogP contribution in [0.25, 0.3) is 0 Å². The fourth-order valence-corrected chi connectivity index (χ4v) is 4.28. The molecule has 3 aromatic carbocycles. The van der Waals surface area contributed by atoms with E-state index in [1.807, 2.05) is 60.7 Å². The maximum atomic E-state index is 12.6. The van der Waals surface area contributed by atoms with Crippen LogP contribution in [0.1, 0.15) is 6.92 Å². The standard InChI is InChI=1S/C24H26N2O5S/c1-19(24(27)25-17-18-30-21-9-5-3-6-10-21)26(32(2,28)29)20-13-15-23(16-14-20)31-22-11-7-4-8-12-22/h3-16,19H,17-18H2,1-2H3,(H,25,27)/t19-/m0/s1. The van der Waals surface area contributed by atoms with E-state index in [9.17, 15) is 13.2 Å². The second kappa shape index (κ2) is 10.7. The number of rotatable bonds is 10. The molecule has 0 spiro atoms. The van der Waals surface area contributed by atoms with Gasteiger partial charge in [0.05, 0.1) is 18.5 Å². The third kappa shape index (κ3) is 6.49. The Morgan fingerprint density at radius 3 is 1.97 bits per heavy atom. The molecule has 3 rings (SSSR count). The summed E-state index contributed by atoms with van der Waals surface area (Å²) >= 11 is 0. The van der Waals surface area contributed by atoms with Gasteiger partial charge in [-0.05, 0) is 55.5 Å². The van der Waals surface area contributed by atoms with Gasteiger partial charge in [0.15, 0.2) is 0 Å². The smallest absolute Gasteiger partial charge is 0.243 e. The molecule has 0 aromatic heterocycles. The molecular formula is C24H26N2O5S. The van der Waals surface area contributed by atoms with Crippen LogP contribution in [-0.4, -0.2) is 39.8 Å². The van der Waals surface area contributed by atoms with Gasteiger partial charge in [-0.2, -0.15) is 0 Å². The molecule has 32 heavy (non-hydrogen) atoms. The zero-order valence-corrected chi connectivity index (χ0v) is 18.8. The van der Waals surface area contributed by atoms with E-state index in [4.69, 9.17) is 9.47 Å². The molecular weight excluding hydrogens is 428 g/mol. The SMILES string of the molecule is C[C@@H](C(=O)NCCOc1ccccc1)N(c1ccc(Oc2ccccc2)cc1)S(C)(=O)=O. The molecule has 0 unspecified atom stereocenters. The number of hydrogen-bond donors (Lipinski definition) is 1. The van der Waals surface area contributed by atoms with Gasteiger partial charge in [-0.25, -0.2) is 8.42 Å². The molecule has 1 N–H and O–H groups in total. The van der Waals surface area contributed by atoms with E-state index in [-0.39, 0.29) is 13.2 Å². The first-order valence-corrected chi connectivity index (χ1v) is 12.0. The first-order valence-electron chi connectivity index (χ1n) is 10.1. The van der Waals surface area contributed by atoms with Gasteiger partial charge in [0.1, 0.15) is 29.9 Å². The van der Waals surface area contributed by atoms with Crippen LogP contribution in [0.3, 0.4) is 0 Å². The fraction of sp³-hybridized carbons (Fsp3) is 0.208. The lowest BCUT2D eigenvalue weighted by atomic mass is 10.2. The van der Waals surface area contributed by atoms with Crippen molar-refractivity contribution >= 4 is 21.6 Å². The number of para-hydroxylation sites is 2. The largest absolute Gasteiger partial charge is 0.492 e. The Balaban J connectivity index is 1.62. The summed E-state index contributed by atoms with van der Waals surface area (Å²) in [5.41, 5.74) is 0.371. The quantitative estimate of drug-likeness (QED) is 0.471. The maximum absolute atomic E-state index is 12.6. The molecule has 1 amide bonds. The number of amides is 1. The van der Waals surface area contributed by atoms with E-state index >= 15 is 0 Å². The maximum Gasteiger partial charge on any atom is 0.243 e. The number of nitrogens with zero attached hydrogens (tertiary/aromatic N) is 1. The van der Waals surface area contributed by atoms with Crippen LogP contribution in [0.15, 0.2) is 84.9 Å². The molecule has 0 aliphatic carbocycles. The highest BCUT2D eigenvalue weighted by Crippen LogP contribution is 2.26. The summed E-state index contributed by atoms with van der Waals surface area (Å²) in [6, 6.07) is 24.1. The van der Waals surface area contributed by atoms with Crippen molar-refractivity contribution in [2.75, 3.05) is 23.7 Å². The summed E-state index contributed by atoms with van der Waals surface area (Å²) in [6.45, 7) is 2.06. The summed E-state index contributed by atoms with van der Waals surface area (Å²) in [7, 11) is -3.71. The summed E-state index contributed by atoms with van der Waals surface area (Å²) < 4.78 is 37.3. The minimum atomic E-state index is -3.71. The lowest BCUT2D eigenvalue weighted by molar-refractivity contribution is -0.121. The molecule has 8 heteroatoms. The lowest BCUT2D eigenvalue weighted by Gasteiger charge is -2.28. The summed E-state index contributed by atoms with van der Waals surface area (Å²) in [6.07, 6.45) is 1.07. The van der Waals surface area contributed by atoms with Crippen LogP contribution in [0.2, 0.25) is 0 Å². The number of carbonyl (C=O) groups is 1. The minimum absolute atomic E-state index is 0.250. The van der Waals surface area contributed by atoms with Gasteiger partial charge >= 0.3 is 0 Å². The monoisotopic (exact) mass is 454 g/mol. The predicted octanol–water partition coefficient (Wildman–Crippen LogP) is 3.83. The highest BCUT2D eigenvalue weighted by atomic mass is 32.2. The molecule has 0 aliphatic heterocycles. The number of carbonyl (C=O) groups excluding carboxylic acids is 1. The molecule has 168 valence electrons. The Hall–Kier alpha value is -3.52. The van der Waals surface area contributed by atoms with Crippen LogP contribution < -0.4 is 19.1 Å². The number of hydrogen-bond acceptors (Lipinski definition) is 5. The molecule has 0 saturated carbocycles. The Morgan fingerprint density at radius 1 is 0.875 bits per heavy atom. The third-order valence-corrected chi connectivity index (χ3v) is 5.81. The van der Waals surface area contributed by atoms with Gasteiger partial charge < -0.3 is 14.8 Å². The van der Waals surface area contributed by atoms with Crippen LogP contribution >= 0.6 is 0 Å². The zero-order valence-electron chi connectivity index (χ0n) is 18.0. The summed E-state index contributed by atoms with van der Waals surface area (Å²) in [5, 5.41) is 2.72. The number of anilines is 1. The van der Waals surface area contributed by atoms with Gasteiger partial charge in [-0.15, -0.1) is 0 Å². The topological polar surface area (TPSA) is 84.9 Å². The van der Waals surface area contributed by atoms with Crippen LogP contribution in [0.4, 0.5) is 5.69 Å². The predicted molar refractivity (Wildman–Crippen MR) is 125 cm³/mol. The van der Waals surface area contributed by atoms with Crippen molar-refractivity contribution < 1.29 is 22.7 Å². The van der Waals surface area contributed by atoms with Gasteiger partial charge in [0, 0.05) is 0 Å². The highest BCUT2D eigenvalue weighted by Gasteiger charge is 2.29. The molecule has 3 aromatic rings. The Labute approximate surface area is 188 Å². The Kier molecular flexibility index (Phi) is 7.72. The molecule has 0 bridgehead atoms. The molecule has 0 saturated heterocycles. The molecule has 0 heterocycles. The van der Waals surface area contributed by atoms with E-state index in [0.29, 0.717) is 22.9 Å². The molecule has 7 nitrogen and oxygen atoms in total. The Morgan fingerprint density at radius 2 is 1.41 bits per heavy atom. The highest BCUT2D eigenvalue weighted by molar-refractivity contribution is 7.92. The van der Waals surface area contributed by atoms with Crippen molar-refractivity contribution in [2.45, 2.75) is 13.0 Å². The van der Waals surface area contributed by atoms with Gasteiger partial charge in [0.25, 0.3) is 0 Å². The van der Waals surface area contributed by atoms with Crippen molar-refractivity contribution in [3.63, 3.8) is 0 Å². The summed E-state index contributed by atoms with van der Waals surface area (Å²) in [5.74, 6) is 1.51. The van der Waals surface area contributed by atoms with Crippen LogP contribution in [0, 0.1) is 0 Å². The first-order chi connectivity index (χ1) is 15.3. The third-order valence-electron chi connectivity index (χ3n) is 4.57. The molecule has 0 fully saturated rings. The van der Waals surface area contributed by atoms with Crippen molar-refractivity contribution in [1.82, 2.24) is 5.32 Å². The van der Waals surface area contributed by atoms with Crippen molar-refractivity contribution in [1.29, 1.82) is 0 Å². The summed E-state index contributed by atoms with van der Waals surface area (Å²) in [4.78, 5) is 12.6. The second-order valence-electron chi connectivity index (χ2n) is 7.10. The normalized spacial score (nSPS) is 11.9. The lowest BCUT2D eigenvalue weighted by Crippen LogP contribution is -2.48. The van der Waals surface area contributed by atoms with E-state index < -0.39 is 22.0 Å². The average Bonchev–Trinajstić information content (AvgIpc) is 2.78. The van der Waals surface area contributed by atoms with Gasteiger partial charge in [-0.3, -0.25) is 9.10 Å². The van der Waals surface area contributed by atoms with Crippen LogP contribution in [-0.2, 0) is 14.8 Å². The molecule has 0 radical (unpaired) electrons. The van der Waals surface area contributed by atoms with E-state index in [0.717, 1.165) is 10.6 Å². The van der Waals surface area contributed by atoms with Crippen molar-refractivity contribution in [3.8, 4) is 17.2 Å².